The van der Waals surface area contributed by atoms with Crippen molar-refractivity contribution in [3.8, 4) is 0 Å². The molecular formula is C16H22N4. The third-order valence-electron chi connectivity index (χ3n) is 3.76. The lowest BCUT2D eigenvalue weighted by molar-refractivity contribution is 0.586. The zero-order chi connectivity index (χ0) is 14.8. The smallest absolute Gasteiger partial charge is 0.147 e. The van der Waals surface area contributed by atoms with E-state index in [2.05, 4.69) is 43.3 Å². The van der Waals surface area contributed by atoms with E-state index < -0.39 is 0 Å². The molecule has 0 saturated carbocycles. The van der Waals surface area contributed by atoms with Gasteiger partial charge in [-0.1, -0.05) is 37.3 Å². The third-order valence-corrected chi connectivity index (χ3v) is 3.76. The first-order chi connectivity index (χ1) is 9.50. The van der Waals surface area contributed by atoms with Crippen LogP contribution in [0.1, 0.15) is 43.4 Å². The molecule has 0 atom stereocenters. The lowest BCUT2D eigenvalue weighted by Gasteiger charge is -2.25. The normalized spacial score (nSPS) is 11.4. The number of nitrogen functional groups attached to an aromatic ring is 1. The molecule has 0 saturated heterocycles. The predicted octanol–water partition coefficient (Wildman–Crippen LogP) is 2.96. The van der Waals surface area contributed by atoms with Crippen LogP contribution < -0.4 is 11.3 Å². The van der Waals surface area contributed by atoms with Crippen LogP contribution in [0.25, 0.3) is 0 Å². The summed E-state index contributed by atoms with van der Waals surface area (Å²) in [5.41, 5.74) is 5.68. The van der Waals surface area contributed by atoms with Crippen molar-refractivity contribution in [3.05, 3.63) is 53.0 Å². The molecular weight excluding hydrogens is 248 g/mol. The molecule has 106 valence electrons. The fourth-order valence-corrected chi connectivity index (χ4v) is 2.40. The number of nitrogens with two attached hydrogens (primary N) is 1. The lowest BCUT2D eigenvalue weighted by Crippen LogP contribution is -2.25. The number of aryl methyl sites for hydroxylation is 1. The van der Waals surface area contributed by atoms with Gasteiger partial charge in [-0.25, -0.2) is 15.8 Å². The van der Waals surface area contributed by atoms with Crippen molar-refractivity contribution in [2.24, 2.45) is 5.84 Å². The van der Waals surface area contributed by atoms with E-state index in [1.54, 1.807) is 0 Å². The van der Waals surface area contributed by atoms with E-state index in [4.69, 9.17) is 10.8 Å². The molecule has 1 heterocycles. The van der Waals surface area contributed by atoms with Crippen molar-refractivity contribution in [2.45, 2.75) is 39.5 Å². The van der Waals surface area contributed by atoms with E-state index in [-0.39, 0.29) is 5.41 Å². The van der Waals surface area contributed by atoms with E-state index in [0.717, 1.165) is 29.3 Å². The Hall–Kier alpha value is -1.94. The van der Waals surface area contributed by atoms with Crippen LogP contribution in [-0.2, 0) is 11.8 Å². The average Bonchev–Trinajstić information content (AvgIpc) is 2.47. The number of hydrazine groups is 1. The summed E-state index contributed by atoms with van der Waals surface area (Å²) in [4.78, 5) is 9.32. The molecule has 3 N–H and O–H groups in total. The van der Waals surface area contributed by atoms with Crippen molar-refractivity contribution in [3.63, 3.8) is 0 Å². The van der Waals surface area contributed by atoms with E-state index in [9.17, 15) is 0 Å². The summed E-state index contributed by atoms with van der Waals surface area (Å²) >= 11 is 0. The monoisotopic (exact) mass is 270 g/mol. The topological polar surface area (TPSA) is 63.8 Å². The second kappa shape index (κ2) is 5.59. The van der Waals surface area contributed by atoms with E-state index in [1.165, 1.54) is 5.56 Å². The van der Waals surface area contributed by atoms with Gasteiger partial charge in [-0.2, -0.15) is 0 Å². The van der Waals surface area contributed by atoms with Gasteiger partial charge in [0.1, 0.15) is 11.6 Å². The van der Waals surface area contributed by atoms with E-state index >= 15 is 0 Å². The quantitative estimate of drug-likeness (QED) is 0.662. The summed E-state index contributed by atoms with van der Waals surface area (Å²) in [6.07, 6.45) is 0.859. The number of nitrogens with one attached hydrogen (secondary N) is 1. The van der Waals surface area contributed by atoms with Crippen molar-refractivity contribution in [1.29, 1.82) is 0 Å². The number of hydrogen-bond acceptors (Lipinski definition) is 4. The van der Waals surface area contributed by atoms with Crippen molar-refractivity contribution >= 4 is 5.82 Å². The maximum Gasteiger partial charge on any atom is 0.147 e. The van der Waals surface area contributed by atoms with Gasteiger partial charge >= 0.3 is 0 Å². The largest absolute Gasteiger partial charge is 0.308 e. The van der Waals surface area contributed by atoms with Crippen LogP contribution >= 0.6 is 0 Å². The standard InChI is InChI=1S/C16H22N4/c1-5-13-11(2)18-15(19-14(13)20-17)16(3,4)12-9-7-6-8-10-12/h6-10H,5,17H2,1-4H3,(H,18,19,20). The fourth-order valence-electron chi connectivity index (χ4n) is 2.40. The van der Waals surface area contributed by atoms with Crippen LogP contribution in [-0.4, -0.2) is 9.97 Å². The first-order valence-corrected chi connectivity index (χ1v) is 6.90. The fraction of sp³-hybridized carbons (Fsp3) is 0.375. The molecule has 1 aromatic heterocycles. The molecule has 0 aliphatic rings. The van der Waals surface area contributed by atoms with Crippen molar-refractivity contribution < 1.29 is 0 Å². The minimum atomic E-state index is -0.260. The molecule has 0 aliphatic carbocycles. The molecule has 1 aromatic carbocycles. The van der Waals surface area contributed by atoms with E-state index in [0.29, 0.717) is 0 Å². The summed E-state index contributed by atoms with van der Waals surface area (Å²) in [5.74, 6) is 7.11. The molecule has 0 unspecified atom stereocenters. The van der Waals surface area contributed by atoms with Crippen molar-refractivity contribution in [2.75, 3.05) is 5.43 Å². The molecule has 4 heteroatoms. The maximum absolute atomic E-state index is 5.61. The average molecular weight is 270 g/mol. The third kappa shape index (κ3) is 2.51. The second-order valence-electron chi connectivity index (χ2n) is 5.45. The summed E-state index contributed by atoms with van der Waals surface area (Å²) < 4.78 is 0. The zero-order valence-corrected chi connectivity index (χ0v) is 12.6. The Balaban J connectivity index is 2.55. The highest BCUT2D eigenvalue weighted by Gasteiger charge is 2.27. The van der Waals surface area contributed by atoms with Gasteiger partial charge in [0.2, 0.25) is 0 Å². The molecule has 0 spiro atoms. The summed E-state index contributed by atoms with van der Waals surface area (Å²) in [7, 11) is 0. The first kappa shape index (κ1) is 14.5. The Morgan fingerprint density at radius 2 is 1.80 bits per heavy atom. The van der Waals surface area contributed by atoms with Crippen LogP contribution in [0, 0.1) is 6.92 Å². The van der Waals surface area contributed by atoms with Crippen LogP contribution in [0.4, 0.5) is 5.82 Å². The number of hydrogen-bond donors (Lipinski definition) is 2. The van der Waals surface area contributed by atoms with Crippen LogP contribution in [0.15, 0.2) is 30.3 Å². The molecule has 0 radical (unpaired) electrons. The predicted molar refractivity (Wildman–Crippen MR) is 82.5 cm³/mol. The van der Waals surface area contributed by atoms with E-state index in [1.807, 2.05) is 25.1 Å². The van der Waals surface area contributed by atoms with Gasteiger partial charge in [-0.05, 0) is 32.8 Å². The Bertz CT molecular complexity index is 591. The maximum atomic E-state index is 5.61. The molecule has 20 heavy (non-hydrogen) atoms. The molecule has 2 rings (SSSR count). The Morgan fingerprint density at radius 1 is 1.15 bits per heavy atom. The van der Waals surface area contributed by atoms with Gasteiger partial charge in [-0.15, -0.1) is 0 Å². The summed E-state index contributed by atoms with van der Waals surface area (Å²) in [5, 5.41) is 0. The SMILES string of the molecule is CCc1c(C)nc(C(C)(C)c2ccccc2)nc1NN. The van der Waals surface area contributed by atoms with Crippen LogP contribution in [0.3, 0.4) is 0 Å². The highest BCUT2D eigenvalue weighted by molar-refractivity contribution is 5.47. The molecule has 0 amide bonds. The van der Waals surface area contributed by atoms with Crippen molar-refractivity contribution in [1.82, 2.24) is 9.97 Å². The van der Waals surface area contributed by atoms with Crippen LogP contribution in [0.5, 0.6) is 0 Å². The van der Waals surface area contributed by atoms with Gasteiger partial charge in [-0.3, -0.25) is 0 Å². The molecule has 2 aromatic rings. The molecule has 0 bridgehead atoms. The van der Waals surface area contributed by atoms with Crippen LogP contribution in [0.2, 0.25) is 0 Å². The lowest BCUT2D eigenvalue weighted by atomic mass is 9.83. The summed E-state index contributed by atoms with van der Waals surface area (Å²) in [6, 6.07) is 10.3. The Morgan fingerprint density at radius 3 is 2.35 bits per heavy atom. The number of nitrogens with zero attached hydrogens (tertiary/aromatic N) is 2. The highest BCUT2D eigenvalue weighted by Crippen LogP contribution is 2.30. The Labute approximate surface area is 120 Å². The molecule has 0 aliphatic heterocycles. The number of benzene rings is 1. The number of aromatic nitrogens is 2. The minimum Gasteiger partial charge on any atom is -0.308 e. The minimum absolute atomic E-state index is 0.260. The van der Waals surface area contributed by atoms with Gasteiger partial charge in [0.05, 0.1) is 0 Å². The number of rotatable bonds is 4. The van der Waals surface area contributed by atoms with Gasteiger partial charge < -0.3 is 5.43 Å². The second-order valence-corrected chi connectivity index (χ2v) is 5.45. The first-order valence-electron chi connectivity index (χ1n) is 6.90. The summed E-state index contributed by atoms with van der Waals surface area (Å²) in [6.45, 7) is 8.34. The van der Waals surface area contributed by atoms with Gasteiger partial charge in [0, 0.05) is 16.7 Å². The highest BCUT2D eigenvalue weighted by atomic mass is 15.3. The van der Waals surface area contributed by atoms with Gasteiger partial charge in [0.15, 0.2) is 0 Å². The Kier molecular flexibility index (Phi) is 4.04. The zero-order valence-electron chi connectivity index (χ0n) is 12.6. The molecule has 0 fully saturated rings. The molecule has 4 nitrogen and oxygen atoms in total. The number of anilines is 1. The van der Waals surface area contributed by atoms with Gasteiger partial charge in [0.25, 0.3) is 0 Å².